The van der Waals surface area contributed by atoms with Gasteiger partial charge in [0.25, 0.3) is 17.4 Å². The fourth-order valence-corrected chi connectivity index (χ4v) is 4.02. The predicted octanol–water partition coefficient (Wildman–Crippen LogP) is 3.63. The molecule has 1 saturated heterocycles. The Kier molecular flexibility index (Phi) is 7.35. The molecular weight excluding hydrogens is 450 g/mol. The van der Waals surface area contributed by atoms with Crippen molar-refractivity contribution >= 4 is 34.7 Å². The van der Waals surface area contributed by atoms with Gasteiger partial charge >= 0.3 is 0 Å². The Morgan fingerprint density at radius 1 is 1.21 bits per heavy atom. The van der Waals surface area contributed by atoms with E-state index in [9.17, 15) is 24.8 Å². The van der Waals surface area contributed by atoms with Crippen LogP contribution in [0.3, 0.4) is 0 Å². The molecule has 174 valence electrons. The quantitative estimate of drug-likeness (QED) is 0.205. The Hall–Kier alpha value is -3.43. The van der Waals surface area contributed by atoms with Crippen LogP contribution >= 0.6 is 11.6 Å². The number of nitrogens with zero attached hydrogens (tertiary/aromatic N) is 3. The van der Waals surface area contributed by atoms with E-state index in [0.717, 1.165) is 0 Å². The van der Waals surface area contributed by atoms with Crippen LogP contribution in [0.4, 0.5) is 5.69 Å². The molecule has 0 unspecified atom stereocenters. The van der Waals surface area contributed by atoms with Crippen molar-refractivity contribution in [3.8, 4) is 5.75 Å². The summed E-state index contributed by atoms with van der Waals surface area (Å²) in [5.41, 5.74) is 0.509. The van der Waals surface area contributed by atoms with E-state index in [4.69, 9.17) is 16.3 Å². The number of non-ortho nitro benzene ring substituents is 1. The topological polar surface area (TPSA) is 113 Å². The third kappa shape index (κ3) is 4.99. The average Bonchev–Trinajstić information content (AvgIpc) is 3.03. The summed E-state index contributed by atoms with van der Waals surface area (Å²) in [5.74, 6) is -1.55. The molecule has 9 nitrogen and oxygen atoms in total. The number of nitro groups is 1. The minimum absolute atomic E-state index is 0.0973. The van der Waals surface area contributed by atoms with E-state index in [1.54, 1.807) is 6.07 Å². The highest BCUT2D eigenvalue weighted by molar-refractivity contribution is 6.46. The largest absolute Gasteiger partial charge is 0.507 e. The summed E-state index contributed by atoms with van der Waals surface area (Å²) in [5, 5.41) is 22.4. The first-order valence-electron chi connectivity index (χ1n) is 10.2. The second kappa shape index (κ2) is 10.0. The highest BCUT2D eigenvalue weighted by atomic mass is 35.5. The monoisotopic (exact) mass is 473 g/mol. The van der Waals surface area contributed by atoms with Crippen LogP contribution < -0.4 is 4.74 Å². The standard InChI is InChI=1S/C23H24ClN3O6/c1-25(2)11-4-12-26-20(14-5-8-16(9-6-14)27(31)32)19(22(29)23(26)30)21(28)15-7-10-18(33-3)17(24)13-15/h5-10,13,20,28H,4,11-12H2,1-3H3/t20-/m0/s1. The zero-order valence-corrected chi connectivity index (χ0v) is 19.2. The molecule has 2 aromatic carbocycles. The zero-order chi connectivity index (χ0) is 24.3. The molecule has 0 spiro atoms. The molecule has 0 bridgehead atoms. The van der Waals surface area contributed by atoms with E-state index in [2.05, 4.69) is 0 Å². The number of ketones is 1. The first-order chi connectivity index (χ1) is 15.6. The van der Waals surface area contributed by atoms with Gasteiger partial charge in [0.2, 0.25) is 0 Å². The van der Waals surface area contributed by atoms with Crippen LogP contribution in [0.25, 0.3) is 5.76 Å². The van der Waals surface area contributed by atoms with Gasteiger partial charge in [-0.1, -0.05) is 11.6 Å². The molecule has 3 rings (SSSR count). The lowest BCUT2D eigenvalue weighted by atomic mass is 9.95. The number of likely N-dealkylation sites (tertiary alicyclic amines) is 1. The number of carbonyl (C=O) groups excluding carboxylic acids is 2. The number of Topliss-reactive ketones (excluding diaryl/α,β-unsaturated/α-hetero) is 1. The molecule has 1 N–H and O–H groups in total. The summed E-state index contributed by atoms with van der Waals surface area (Å²) in [4.78, 5) is 39.8. The predicted molar refractivity (Wildman–Crippen MR) is 123 cm³/mol. The molecule has 1 fully saturated rings. The van der Waals surface area contributed by atoms with E-state index in [0.29, 0.717) is 24.3 Å². The number of methoxy groups -OCH3 is 1. The molecule has 1 atom stereocenters. The number of amides is 1. The lowest BCUT2D eigenvalue weighted by Gasteiger charge is -2.26. The van der Waals surface area contributed by atoms with Gasteiger partial charge in [-0.25, -0.2) is 0 Å². The minimum Gasteiger partial charge on any atom is -0.507 e. The number of halogens is 1. The molecule has 0 aromatic heterocycles. The number of hydrogen-bond donors (Lipinski definition) is 1. The van der Waals surface area contributed by atoms with Crippen molar-refractivity contribution in [2.75, 3.05) is 34.3 Å². The number of benzene rings is 2. The van der Waals surface area contributed by atoms with E-state index in [1.807, 2.05) is 19.0 Å². The van der Waals surface area contributed by atoms with Crippen LogP contribution in [0.2, 0.25) is 5.02 Å². The van der Waals surface area contributed by atoms with Gasteiger partial charge in [0.15, 0.2) is 0 Å². The van der Waals surface area contributed by atoms with Gasteiger partial charge in [-0.3, -0.25) is 19.7 Å². The van der Waals surface area contributed by atoms with Gasteiger partial charge in [-0.05, 0) is 63.0 Å². The molecule has 0 aliphatic carbocycles. The van der Waals surface area contributed by atoms with Crippen molar-refractivity contribution in [2.45, 2.75) is 12.5 Å². The minimum atomic E-state index is -0.895. The lowest BCUT2D eigenvalue weighted by molar-refractivity contribution is -0.384. The SMILES string of the molecule is COc1ccc(C(O)=C2C(=O)C(=O)N(CCCN(C)C)[C@H]2c2ccc([N+](=O)[O-])cc2)cc1Cl. The van der Waals surface area contributed by atoms with Crippen LogP contribution in [0, 0.1) is 10.1 Å². The average molecular weight is 474 g/mol. The second-order valence-electron chi connectivity index (χ2n) is 7.85. The Labute approximate surface area is 196 Å². The number of hydrogen-bond acceptors (Lipinski definition) is 7. The molecule has 10 heteroatoms. The van der Waals surface area contributed by atoms with Crippen molar-refractivity contribution in [1.82, 2.24) is 9.80 Å². The first kappa shape index (κ1) is 24.2. The number of rotatable bonds is 8. The van der Waals surface area contributed by atoms with Gasteiger partial charge in [0, 0.05) is 24.2 Å². The number of ether oxygens (including phenoxy) is 1. The smallest absolute Gasteiger partial charge is 0.295 e. The van der Waals surface area contributed by atoms with Crippen molar-refractivity contribution in [3.05, 3.63) is 74.3 Å². The molecule has 0 radical (unpaired) electrons. The van der Waals surface area contributed by atoms with Crippen LogP contribution in [0.1, 0.15) is 23.6 Å². The van der Waals surface area contributed by atoms with E-state index in [1.165, 1.54) is 48.4 Å². The Morgan fingerprint density at radius 2 is 1.88 bits per heavy atom. The van der Waals surface area contributed by atoms with Crippen molar-refractivity contribution < 1.29 is 24.4 Å². The van der Waals surface area contributed by atoms with Gasteiger partial charge in [0.05, 0.1) is 28.7 Å². The maximum Gasteiger partial charge on any atom is 0.295 e. The van der Waals surface area contributed by atoms with Crippen molar-refractivity contribution in [2.24, 2.45) is 0 Å². The zero-order valence-electron chi connectivity index (χ0n) is 18.4. The molecule has 1 heterocycles. The molecular formula is C23H24ClN3O6. The third-order valence-electron chi connectivity index (χ3n) is 5.39. The van der Waals surface area contributed by atoms with Crippen LogP contribution in [0.15, 0.2) is 48.0 Å². The Balaban J connectivity index is 2.11. The Bertz CT molecular complexity index is 1110. The van der Waals surface area contributed by atoms with Gasteiger partial charge < -0.3 is 19.6 Å². The molecule has 2 aromatic rings. The Morgan fingerprint density at radius 3 is 2.42 bits per heavy atom. The maximum absolute atomic E-state index is 13.0. The number of aliphatic hydroxyl groups is 1. The molecule has 1 amide bonds. The lowest BCUT2D eigenvalue weighted by Crippen LogP contribution is -2.32. The van der Waals surface area contributed by atoms with E-state index >= 15 is 0 Å². The molecule has 1 aliphatic heterocycles. The third-order valence-corrected chi connectivity index (χ3v) is 5.68. The maximum atomic E-state index is 13.0. The molecule has 33 heavy (non-hydrogen) atoms. The van der Waals surface area contributed by atoms with Gasteiger partial charge in [-0.15, -0.1) is 0 Å². The van der Waals surface area contributed by atoms with Gasteiger partial charge in [0.1, 0.15) is 11.5 Å². The summed E-state index contributed by atoms with van der Waals surface area (Å²) < 4.78 is 5.13. The van der Waals surface area contributed by atoms with Crippen LogP contribution in [-0.4, -0.2) is 65.8 Å². The van der Waals surface area contributed by atoms with E-state index < -0.39 is 22.7 Å². The normalized spacial score (nSPS) is 17.6. The summed E-state index contributed by atoms with van der Waals surface area (Å²) in [6, 6.07) is 9.22. The highest BCUT2D eigenvalue weighted by Gasteiger charge is 2.45. The van der Waals surface area contributed by atoms with Crippen LogP contribution in [-0.2, 0) is 9.59 Å². The fraction of sp³-hybridized carbons (Fsp3) is 0.304. The second-order valence-corrected chi connectivity index (χ2v) is 8.25. The number of nitro benzene ring substituents is 1. The van der Waals surface area contributed by atoms with Gasteiger partial charge in [-0.2, -0.15) is 0 Å². The highest BCUT2D eigenvalue weighted by Crippen LogP contribution is 2.40. The summed E-state index contributed by atoms with van der Waals surface area (Å²) in [7, 11) is 5.25. The summed E-state index contributed by atoms with van der Waals surface area (Å²) in [6.07, 6.45) is 0.595. The summed E-state index contributed by atoms with van der Waals surface area (Å²) >= 11 is 6.18. The van der Waals surface area contributed by atoms with Crippen molar-refractivity contribution in [3.63, 3.8) is 0 Å². The number of aliphatic hydroxyl groups excluding tert-OH is 1. The molecule has 0 saturated carbocycles. The fourth-order valence-electron chi connectivity index (χ4n) is 3.76. The molecule has 1 aliphatic rings. The van der Waals surface area contributed by atoms with E-state index in [-0.39, 0.29) is 34.2 Å². The van der Waals surface area contributed by atoms with Crippen LogP contribution in [0.5, 0.6) is 5.75 Å². The van der Waals surface area contributed by atoms with Crippen molar-refractivity contribution in [1.29, 1.82) is 0 Å². The summed E-state index contributed by atoms with van der Waals surface area (Å²) in [6.45, 7) is 0.953. The first-order valence-corrected chi connectivity index (χ1v) is 10.5. The number of carbonyl (C=O) groups is 2.